The highest BCUT2D eigenvalue weighted by Crippen LogP contribution is 2.24. The molecule has 20 heavy (non-hydrogen) atoms. The van der Waals surface area contributed by atoms with Crippen LogP contribution in [-0.2, 0) is 0 Å². The van der Waals surface area contributed by atoms with Crippen molar-refractivity contribution in [2.75, 3.05) is 31.1 Å². The number of piperazine rings is 1. The fraction of sp³-hybridized carbons (Fsp3) is 0.267. The van der Waals surface area contributed by atoms with Crippen molar-refractivity contribution in [3.8, 4) is 0 Å². The largest absolute Gasteiger partial charge is 0.368 e. The summed E-state index contributed by atoms with van der Waals surface area (Å²) in [6.45, 7) is 3.20. The van der Waals surface area contributed by atoms with Crippen LogP contribution in [0.25, 0.3) is 0 Å². The number of anilines is 1. The summed E-state index contributed by atoms with van der Waals surface area (Å²) < 4.78 is 0. The third-order valence-corrected chi connectivity index (χ3v) is 4.83. The first-order valence-electron chi connectivity index (χ1n) is 6.58. The molecule has 1 fully saturated rings. The van der Waals surface area contributed by atoms with Gasteiger partial charge in [0.05, 0.1) is 5.02 Å². The summed E-state index contributed by atoms with van der Waals surface area (Å²) >= 11 is 7.44. The molecule has 0 radical (unpaired) electrons. The fourth-order valence-corrected chi connectivity index (χ4v) is 3.50. The van der Waals surface area contributed by atoms with Gasteiger partial charge in [0.1, 0.15) is 4.88 Å². The van der Waals surface area contributed by atoms with E-state index in [2.05, 4.69) is 17.0 Å². The summed E-state index contributed by atoms with van der Waals surface area (Å²) in [5.41, 5.74) is 1.22. The molecule has 2 heterocycles. The highest BCUT2D eigenvalue weighted by Gasteiger charge is 2.24. The number of carbonyl (C=O) groups is 1. The normalized spacial score (nSPS) is 15.4. The lowest BCUT2D eigenvalue weighted by Gasteiger charge is -2.36. The average Bonchev–Trinajstić information content (AvgIpc) is 2.94. The highest BCUT2D eigenvalue weighted by molar-refractivity contribution is 7.12. The Morgan fingerprint density at radius 3 is 2.35 bits per heavy atom. The summed E-state index contributed by atoms with van der Waals surface area (Å²) in [5.74, 6) is 0.0534. The number of thiophene rings is 1. The third-order valence-electron chi connectivity index (χ3n) is 3.50. The van der Waals surface area contributed by atoms with Gasteiger partial charge in [-0.1, -0.05) is 29.8 Å². The Labute approximate surface area is 127 Å². The third kappa shape index (κ3) is 2.67. The molecule has 1 aromatic heterocycles. The highest BCUT2D eigenvalue weighted by atomic mass is 35.5. The molecule has 1 aliphatic heterocycles. The minimum absolute atomic E-state index is 0.0534. The van der Waals surface area contributed by atoms with Crippen molar-refractivity contribution in [2.45, 2.75) is 0 Å². The number of benzene rings is 1. The van der Waals surface area contributed by atoms with Crippen molar-refractivity contribution in [3.63, 3.8) is 0 Å². The number of carbonyl (C=O) groups excluding carboxylic acids is 1. The van der Waals surface area contributed by atoms with E-state index in [1.54, 1.807) is 6.07 Å². The lowest BCUT2D eigenvalue weighted by Crippen LogP contribution is -2.48. The van der Waals surface area contributed by atoms with Crippen LogP contribution < -0.4 is 4.90 Å². The molecule has 0 saturated carbocycles. The topological polar surface area (TPSA) is 23.6 Å². The van der Waals surface area contributed by atoms with Crippen LogP contribution in [-0.4, -0.2) is 37.0 Å². The summed E-state index contributed by atoms with van der Waals surface area (Å²) in [5, 5.41) is 2.42. The molecule has 3 nitrogen and oxygen atoms in total. The van der Waals surface area contributed by atoms with Gasteiger partial charge >= 0.3 is 0 Å². The molecule has 0 atom stereocenters. The molecule has 0 aliphatic carbocycles. The molecule has 1 amide bonds. The molecule has 1 aromatic carbocycles. The van der Waals surface area contributed by atoms with Crippen molar-refractivity contribution < 1.29 is 4.79 Å². The zero-order chi connectivity index (χ0) is 13.9. The first-order chi connectivity index (χ1) is 9.75. The van der Waals surface area contributed by atoms with Crippen LogP contribution in [0.4, 0.5) is 5.69 Å². The minimum atomic E-state index is 0.0534. The number of hydrogen-bond donors (Lipinski definition) is 0. The second-order valence-electron chi connectivity index (χ2n) is 4.71. The maximum atomic E-state index is 12.4. The second kappa shape index (κ2) is 5.85. The van der Waals surface area contributed by atoms with Crippen molar-refractivity contribution in [2.24, 2.45) is 0 Å². The van der Waals surface area contributed by atoms with Gasteiger partial charge in [0.2, 0.25) is 0 Å². The van der Waals surface area contributed by atoms with Crippen LogP contribution in [0, 0.1) is 0 Å². The lowest BCUT2D eigenvalue weighted by molar-refractivity contribution is 0.0752. The van der Waals surface area contributed by atoms with E-state index in [0.29, 0.717) is 9.90 Å². The van der Waals surface area contributed by atoms with Crippen LogP contribution in [0.15, 0.2) is 41.8 Å². The number of halogens is 1. The van der Waals surface area contributed by atoms with Crippen LogP contribution in [0.5, 0.6) is 0 Å². The Hall–Kier alpha value is -1.52. The first kappa shape index (κ1) is 13.5. The van der Waals surface area contributed by atoms with Crippen molar-refractivity contribution in [1.29, 1.82) is 0 Å². The average molecular weight is 307 g/mol. The Bertz CT molecular complexity index is 591. The molecule has 5 heteroatoms. The summed E-state index contributed by atoms with van der Waals surface area (Å²) in [4.78, 5) is 17.2. The van der Waals surface area contributed by atoms with E-state index < -0.39 is 0 Å². The molecular formula is C15H15ClN2OS. The number of para-hydroxylation sites is 1. The number of nitrogens with zero attached hydrogens (tertiary/aromatic N) is 2. The van der Waals surface area contributed by atoms with Gasteiger partial charge in [-0.2, -0.15) is 0 Å². The van der Waals surface area contributed by atoms with E-state index in [1.807, 2.05) is 28.5 Å². The Morgan fingerprint density at radius 2 is 1.75 bits per heavy atom. The Kier molecular flexibility index (Phi) is 3.94. The number of amides is 1. The Balaban J connectivity index is 1.64. The molecular weight excluding hydrogens is 292 g/mol. The minimum Gasteiger partial charge on any atom is -0.368 e. The van der Waals surface area contributed by atoms with Crippen molar-refractivity contribution in [1.82, 2.24) is 4.90 Å². The summed E-state index contributed by atoms with van der Waals surface area (Å²) in [6, 6.07) is 12.1. The monoisotopic (exact) mass is 306 g/mol. The van der Waals surface area contributed by atoms with Gasteiger partial charge in [-0.25, -0.2) is 0 Å². The molecule has 104 valence electrons. The maximum absolute atomic E-state index is 12.4. The van der Waals surface area contributed by atoms with Crippen molar-refractivity contribution >= 4 is 34.5 Å². The van der Waals surface area contributed by atoms with Gasteiger partial charge in [0.15, 0.2) is 0 Å². The molecule has 0 unspecified atom stereocenters. The lowest BCUT2D eigenvalue weighted by atomic mass is 10.2. The maximum Gasteiger partial charge on any atom is 0.265 e. The molecule has 1 aliphatic rings. The van der Waals surface area contributed by atoms with Gasteiger partial charge in [-0.15, -0.1) is 11.3 Å². The molecule has 1 saturated heterocycles. The SMILES string of the molecule is O=C(c1sccc1Cl)N1CCN(c2ccccc2)CC1. The predicted octanol–water partition coefficient (Wildman–Crippen LogP) is 3.36. The molecule has 0 N–H and O–H groups in total. The zero-order valence-corrected chi connectivity index (χ0v) is 12.5. The number of rotatable bonds is 2. The van der Waals surface area contributed by atoms with E-state index in [1.165, 1.54) is 17.0 Å². The molecule has 2 aromatic rings. The van der Waals surface area contributed by atoms with E-state index >= 15 is 0 Å². The predicted molar refractivity (Wildman–Crippen MR) is 83.9 cm³/mol. The van der Waals surface area contributed by atoms with Crippen LogP contribution in [0.1, 0.15) is 9.67 Å². The smallest absolute Gasteiger partial charge is 0.265 e. The fourth-order valence-electron chi connectivity index (χ4n) is 2.40. The van der Waals surface area contributed by atoms with Gasteiger partial charge in [-0.3, -0.25) is 4.79 Å². The molecule has 3 rings (SSSR count). The van der Waals surface area contributed by atoms with E-state index in [0.717, 1.165) is 26.2 Å². The van der Waals surface area contributed by atoms with Gasteiger partial charge in [-0.05, 0) is 23.6 Å². The second-order valence-corrected chi connectivity index (χ2v) is 6.04. The van der Waals surface area contributed by atoms with Crippen LogP contribution >= 0.6 is 22.9 Å². The zero-order valence-electron chi connectivity index (χ0n) is 11.0. The standard InChI is InChI=1S/C15H15ClN2OS/c16-13-6-11-20-14(13)15(19)18-9-7-17(8-10-18)12-4-2-1-3-5-12/h1-6,11H,7-10H2. The molecule has 0 bridgehead atoms. The van der Waals surface area contributed by atoms with Crippen LogP contribution in [0.2, 0.25) is 5.02 Å². The van der Waals surface area contributed by atoms with E-state index in [9.17, 15) is 4.79 Å². The van der Waals surface area contributed by atoms with Crippen LogP contribution in [0.3, 0.4) is 0 Å². The quantitative estimate of drug-likeness (QED) is 0.849. The van der Waals surface area contributed by atoms with Gasteiger partial charge < -0.3 is 9.80 Å². The van der Waals surface area contributed by atoms with Gasteiger partial charge in [0, 0.05) is 31.9 Å². The summed E-state index contributed by atoms with van der Waals surface area (Å²) in [7, 11) is 0. The van der Waals surface area contributed by atoms with Crippen molar-refractivity contribution in [3.05, 3.63) is 51.7 Å². The number of hydrogen-bond acceptors (Lipinski definition) is 3. The Morgan fingerprint density at radius 1 is 1.05 bits per heavy atom. The van der Waals surface area contributed by atoms with Gasteiger partial charge in [0.25, 0.3) is 5.91 Å². The summed E-state index contributed by atoms with van der Waals surface area (Å²) in [6.07, 6.45) is 0. The molecule has 0 spiro atoms. The van der Waals surface area contributed by atoms with E-state index in [-0.39, 0.29) is 5.91 Å². The van der Waals surface area contributed by atoms with E-state index in [4.69, 9.17) is 11.6 Å². The first-order valence-corrected chi connectivity index (χ1v) is 7.84.